The number of nitrogens with zero attached hydrogens (tertiary/aromatic N) is 5. The fourth-order valence-electron chi connectivity index (χ4n) is 1.68. The molecular weight excluding hydrogens is 275 g/mol. The van der Waals surface area contributed by atoms with Crippen molar-refractivity contribution in [1.29, 1.82) is 0 Å². The van der Waals surface area contributed by atoms with Crippen molar-refractivity contribution in [1.82, 2.24) is 29.8 Å². The summed E-state index contributed by atoms with van der Waals surface area (Å²) in [7, 11) is 0. The Bertz CT molecular complexity index is 716. The van der Waals surface area contributed by atoms with Gasteiger partial charge < -0.3 is 5.32 Å². The summed E-state index contributed by atoms with van der Waals surface area (Å²) in [6.07, 6.45) is -0.438. The number of rotatable bonds is 3. The number of fused-ring (bicyclic) bond motifs is 1. The number of hydrogen-bond acceptors (Lipinski definition) is 5. The largest absolute Gasteiger partial charge is 0.435 e. The van der Waals surface area contributed by atoms with Crippen LogP contribution in [0.1, 0.15) is 11.5 Å². The average Bonchev–Trinajstić information content (AvgIpc) is 3.04. The molecule has 0 bridgehead atoms. The Labute approximate surface area is 109 Å². The van der Waals surface area contributed by atoms with E-state index in [1.807, 2.05) is 0 Å². The molecule has 3 rings (SSSR count). The highest BCUT2D eigenvalue weighted by molar-refractivity contribution is 5.67. The first-order chi connectivity index (χ1) is 9.54. The third kappa shape index (κ3) is 2.27. The molecule has 0 unspecified atom stereocenters. The summed E-state index contributed by atoms with van der Waals surface area (Å²) in [4.78, 5) is 7.90. The predicted molar refractivity (Wildman–Crippen MR) is 61.7 cm³/mol. The minimum atomic E-state index is -4.49. The molecule has 0 aliphatic heterocycles. The summed E-state index contributed by atoms with van der Waals surface area (Å²) < 4.78 is 39.0. The van der Waals surface area contributed by atoms with Gasteiger partial charge in [-0.2, -0.15) is 23.4 Å². The van der Waals surface area contributed by atoms with Gasteiger partial charge in [-0.15, -0.1) is 0 Å². The van der Waals surface area contributed by atoms with E-state index in [0.29, 0.717) is 5.82 Å². The second-order valence-electron chi connectivity index (χ2n) is 3.92. The van der Waals surface area contributed by atoms with Crippen molar-refractivity contribution in [2.45, 2.75) is 12.7 Å². The molecule has 20 heavy (non-hydrogen) atoms. The summed E-state index contributed by atoms with van der Waals surface area (Å²) in [5.41, 5.74) is -0.729. The van der Waals surface area contributed by atoms with E-state index >= 15 is 0 Å². The van der Waals surface area contributed by atoms with Crippen LogP contribution in [0.4, 0.5) is 19.0 Å². The van der Waals surface area contributed by atoms with Crippen molar-refractivity contribution in [2.24, 2.45) is 0 Å². The van der Waals surface area contributed by atoms with Crippen LogP contribution in [0.5, 0.6) is 0 Å². The molecular formula is C10H8F3N7. The van der Waals surface area contributed by atoms with Gasteiger partial charge in [0, 0.05) is 18.5 Å². The molecule has 10 heteroatoms. The number of hydrogen-bond donors (Lipinski definition) is 2. The second-order valence-corrected chi connectivity index (χ2v) is 3.92. The third-order valence-corrected chi connectivity index (χ3v) is 2.57. The van der Waals surface area contributed by atoms with Gasteiger partial charge in [-0.1, -0.05) is 0 Å². The van der Waals surface area contributed by atoms with Crippen molar-refractivity contribution >= 4 is 11.3 Å². The normalized spacial score (nSPS) is 11.9. The quantitative estimate of drug-likeness (QED) is 0.760. The van der Waals surface area contributed by atoms with Gasteiger partial charge in [0.25, 0.3) is 0 Å². The third-order valence-electron chi connectivity index (χ3n) is 2.57. The maximum absolute atomic E-state index is 12.6. The summed E-state index contributed by atoms with van der Waals surface area (Å²) in [6.45, 7) is 0.263. The first-order valence-corrected chi connectivity index (χ1v) is 5.54. The number of H-pyrrole nitrogens is 1. The van der Waals surface area contributed by atoms with Gasteiger partial charge in [-0.05, 0) is 0 Å². The highest BCUT2D eigenvalue weighted by atomic mass is 19.4. The van der Waals surface area contributed by atoms with Gasteiger partial charge in [0.2, 0.25) is 0 Å². The first kappa shape index (κ1) is 12.4. The standard InChI is InChI=1S/C10H8F3N7/c11-10(12,13)7-3-6-9(14-1-2-20(6)19-7)15-4-8-16-5-17-18-8/h1-3,5H,4H2,(H,14,15)(H,16,17,18). The average molecular weight is 283 g/mol. The van der Waals surface area contributed by atoms with E-state index in [1.54, 1.807) is 0 Å². The zero-order valence-electron chi connectivity index (χ0n) is 9.89. The summed E-state index contributed by atoms with van der Waals surface area (Å²) >= 11 is 0. The summed E-state index contributed by atoms with van der Waals surface area (Å²) in [5, 5.41) is 12.6. The number of alkyl halides is 3. The molecule has 0 amide bonds. The second kappa shape index (κ2) is 4.47. The molecule has 0 saturated carbocycles. The van der Waals surface area contributed by atoms with Gasteiger partial charge in [0.1, 0.15) is 17.7 Å². The SMILES string of the molecule is FC(F)(F)c1cc2c(NCc3ncn[nH]3)nccn2n1. The monoisotopic (exact) mass is 283 g/mol. The molecule has 0 spiro atoms. The Kier molecular flexibility index (Phi) is 2.77. The number of aromatic amines is 1. The van der Waals surface area contributed by atoms with E-state index in [9.17, 15) is 13.2 Å². The van der Waals surface area contributed by atoms with Gasteiger partial charge >= 0.3 is 6.18 Å². The van der Waals surface area contributed by atoms with Crippen LogP contribution in [0.15, 0.2) is 24.8 Å². The highest BCUT2D eigenvalue weighted by Gasteiger charge is 2.34. The van der Waals surface area contributed by atoms with Crippen LogP contribution >= 0.6 is 0 Å². The highest BCUT2D eigenvalue weighted by Crippen LogP contribution is 2.30. The molecule has 2 N–H and O–H groups in total. The van der Waals surface area contributed by atoms with Gasteiger partial charge in [-0.3, -0.25) is 5.10 Å². The summed E-state index contributed by atoms with van der Waals surface area (Å²) in [6, 6.07) is 0.940. The Hall–Kier alpha value is -2.65. The summed E-state index contributed by atoms with van der Waals surface area (Å²) in [5.74, 6) is 0.830. The smallest absolute Gasteiger partial charge is 0.361 e. The lowest BCUT2D eigenvalue weighted by Crippen LogP contribution is -2.05. The fraction of sp³-hybridized carbons (Fsp3) is 0.200. The lowest BCUT2D eigenvalue weighted by molar-refractivity contribution is -0.141. The molecule has 104 valence electrons. The number of nitrogens with one attached hydrogen (secondary N) is 2. The van der Waals surface area contributed by atoms with E-state index in [-0.39, 0.29) is 17.9 Å². The maximum Gasteiger partial charge on any atom is 0.435 e. The van der Waals surface area contributed by atoms with Crippen LogP contribution in [-0.4, -0.2) is 29.8 Å². The molecule has 3 aromatic rings. The van der Waals surface area contributed by atoms with E-state index in [4.69, 9.17) is 0 Å². The molecule has 0 aromatic carbocycles. The van der Waals surface area contributed by atoms with Crippen molar-refractivity contribution in [3.8, 4) is 0 Å². The molecule has 0 atom stereocenters. The Balaban J connectivity index is 1.92. The molecule has 0 aliphatic rings. The zero-order valence-corrected chi connectivity index (χ0v) is 9.89. The maximum atomic E-state index is 12.6. The van der Waals surface area contributed by atoms with Gasteiger partial charge in [0.05, 0.1) is 6.54 Å². The minimum absolute atomic E-state index is 0.236. The van der Waals surface area contributed by atoms with Gasteiger partial charge in [0.15, 0.2) is 11.5 Å². The van der Waals surface area contributed by atoms with E-state index in [1.165, 1.54) is 18.7 Å². The number of aromatic nitrogens is 6. The van der Waals surface area contributed by atoms with E-state index in [2.05, 4.69) is 30.6 Å². The van der Waals surface area contributed by atoms with Gasteiger partial charge in [-0.25, -0.2) is 14.5 Å². The predicted octanol–water partition coefficient (Wildman–Crippen LogP) is 1.48. The topological polar surface area (TPSA) is 83.8 Å². The Morgan fingerprint density at radius 1 is 1.30 bits per heavy atom. The molecule has 0 aliphatic carbocycles. The molecule has 3 heterocycles. The Morgan fingerprint density at radius 3 is 2.85 bits per heavy atom. The van der Waals surface area contributed by atoms with Crippen molar-refractivity contribution in [3.63, 3.8) is 0 Å². The van der Waals surface area contributed by atoms with Crippen molar-refractivity contribution in [2.75, 3.05) is 5.32 Å². The number of halogens is 3. The van der Waals surface area contributed by atoms with Crippen LogP contribution in [-0.2, 0) is 12.7 Å². The Morgan fingerprint density at radius 2 is 2.15 bits per heavy atom. The van der Waals surface area contributed by atoms with Crippen LogP contribution in [0, 0.1) is 0 Å². The molecule has 0 saturated heterocycles. The number of anilines is 1. The molecule has 0 radical (unpaired) electrons. The van der Waals surface area contributed by atoms with Crippen LogP contribution in [0.25, 0.3) is 5.52 Å². The lowest BCUT2D eigenvalue weighted by atomic mass is 10.3. The first-order valence-electron chi connectivity index (χ1n) is 5.54. The lowest BCUT2D eigenvalue weighted by Gasteiger charge is -2.04. The fourth-order valence-corrected chi connectivity index (χ4v) is 1.68. The van der Waals surface area contributed by atoms with Crippen LogP contribution in [0.2, 0.25) is 0 Å². The molecule has 0 fully saturated rings. The van der Waals surface area contributed by atoms with Crippen LogP contribution in [0.3, 0.4) is 0 Å². The van der Waals surface area contributed by atoms with E-state index < -0.39 is 11.9 Å². The van der Waals surface area contributed by atoms with Crippen molar-refractivity contribution in [3.05, 3.63) is 36.3 Å². The molecule has 7 nitrogen and oxygen atoms in total. The molecule has 3 aromatic heterocycles. The van der Waals surface area contributed by atoms with Crippen LogP contribution < -0.4 is 5.32 Å². The van der Waals surface area contributed by atoms with Crippen molar-refractivity contribution < 1.29 is 13.2 Å². The van der Waals surface area contributed by atoms with E-state index in [0.717, 1.165) is 10.6 Å². The minimum Gasteiger partial charge on any atom is -0.361 e. The zero-order chi connectivity index (χ0) is 14.2.